The number of nitrogens with zero attached hydrogens (tertiary/aromatic N) is 3. The molecule has 10 heteroatoms. The van der Waals surface area contributed by atoms with Gasteiger partial charge >= 0.3 is 5.97 Å². The van der Waals surface area contributed by atoms with Crippen LogP contribution >= 0.6 is 11.3 Å². The number of carboxylic acid groups (broad SMARTS) is 1. The van der Waals surface area contributed by atoms with Crippen molar-refractivity contribution >= 4 is 29.1 Å². The highest BCUT2D eigenvalue weighted by Gasteiger charge is 2.39. The van der Waals surface area contributed by atoms with E-state index in [1.807, 2.05) is 48.5 Å². The molecule has 1 atom stereocenters. The molecule has 2 N–H and O–H groups in total. The summed E-state index contributed by atoms with van der Waals surface area (Å²) in [5.74, 6) is -2.10. The normalized spacial score (nSPS) is 13.8. The molecule has 262 valence electrons. The summed E-state index contributed by atoms with van der Waals surface area (Å²) in [5.41, 5.74) is 5.41. The average Bonchev–Trinajstić information content (AvgIpc) is 3.60. The number of amides is 2. The number of hydrogen-bond acceptors (Lipinski definition) is 6. The highest BCUT2D eigenvalue weighted by molar-refractivity contribution is 7.14. The summed E-state index contributed by atoms with van der Waals surface area (Å²) in [5, 5.41) is 12.2. The SMILES string of the molecule is CCCc1ccc(-c2ccc(-c3cnc(-c4ccc(C[C@H](NC(=O)c5ccc(C(C)(C)C)s5)C(=O)N5CC(C(=O)O)C5)cc4)nc3)c(F)c2)cc1. The minimum absolute atomic E-state index is 0.112. The first kappa shape index (κ1) is 35.6. The molecule has 1 aliphatic rings. The van der Waals surface area contributed by atoms with Crippen LogP contribution in [0, 0.1) is 11.7 Å². The Morgan fingerprint density at radius 3 is 2.10 bits per heavy atom. The lowest BCUT2D eigenvalue weighted by Gasteiger charge is -2.38. The van der Waals surface area contributed by atoms with Gasteiger partial charge < -0.3 is 15.3 Å². The fourth-order valence-corrected chi connectivity index (χ4v) is 7.02. The van der Waals surface area contributed by atoms with E-state index in [1.165, 1.54) is 27.9 Å². The van der Waals surface area contributed by atoms with Gasteiger partial charge in [0, 0.05) is 53.5 Å². The number of carboxylic acids is 1. The van der Waals surface area contributed by atoms with Gasteiger partial charge in [0.25, 0.3) is 5.91 Å². The van der Waals surface area contributed by atoms with Crippen molar-refractivity contribution in [1.29, 1.82) is 0 Å². The second-order valence-corrected chi connectivity index (χ2v) is 15.1. The molecule has 3 heterocycles. The van der Waals surface area contributed by atoms with Gasteiger partial charge in [0.15, 0.2) is 5.82 Å². The third kappa shape index (κ3) is 8.23. The number of aryl methyl sites for hydroxylation is 1. The molecular formula is C41H41FN4O4S. The van der Waals surface area contributed by atoms with Gasteiger partial charge in [0.1, 0.15) is 11.9 Å². The van der Waals surface area contributed by atoms with E-state index in [1.54, 1.807) is 24.5 Å². The highest BCUT2D eigenvalue weighted by atomic mass is 32.1. The molecule has 0 bridgehead atoms. The summed E-state index contributed by atoms with van der Waals surface area (Å²) in [6, 6.07) is 23.6. The van der Waals surface area contributed by atoms with Crippen LogP contribution in [0.2, 0.25) is 0 Å². The van der Waals surface area contributed by atoms with Crippen molar-refractivity contribution in [3.63, 3.8) is 0 Å². The molecule has 5 aromatic rings. The highest BCUT2D eigenvalue weighted by Crippen LogP contribution is 2.31. The molecule has 2 aromatic heterocycles. The fourth-order valence-electron chi connectivity index (χ4n) is 6.05. The Balaban J connectivity index is 1.14. The number of aliphatic carboxylic acids is 1. The summed E-state index contributed by atoms with van der Waals surface area (Å²) in [6.07, 6.45) is 5.51. The molecule has 0 saturated carbocycles. The second kappa shape index (κ2) is 14.9. The predicted octanol–water partition coefficient (Wildman–Crippen LogP) is 7.81. The lowest BCUT2D eigenvalue weighted by molar-refractivity contribution is -0.153. The topological polar surface area (TPSA) is 112 Å². The van der Waals surface area contributed by atoms with Crippen molar-refractivity contribution < 1.29 is 23.9 Å². The van der Waals surface area contributed by atoms with Gasteiger partial charge in [0.2, 0.25) is 5.91 Å². The Morgan fingerprint density at radius 2 is 1.51 bits per heavy atom. The van der Waals surface area contributed by atoms with Crippen molar-refractivity contribution in [3.05, 3.63) is 118 Å². The van der Waals surface area contributed by atoms with Crippen LogP contribution in [0.5, 0.6) is 0 Å². The molecule has 2 amide bonds. The molecule has 1 fully saturated rings. The Bertz CT molecular complexity index is 2030. The van der Waals surface area contributed by atoms with Crippen LogP contribution in [-0.2, 0) is 27.8 Å². The fraction of sp³-hybridized carbons (Fsp3) is 0.293. The zero-order valence-corrected chi connectivity index (χ0v) is 30.0. The molecule has 0 spiro atoms. The van der Waals surface area contributed by atoms with Crippen molar-refractivity contribution in [1.82, 2.24) is 20.2 Å². The zero-order valence-electron chi connectivity index (χ0n) is 29.2. The molecule has 8 nitrogen and oxygen atoms in total. The lowest BCUT2D eigenvalue weighted by Crippen LogP contribution is -2.59. The van der Waals surface area contributed by atoms with E-state index in [0.29, 0.717) is 21.8 Å². The van der Waals surface area contributed by atoms with E-state index in [2.05, 4.69) is 55.1 Å². The van der Waals surface area contributed by atoms with Gasteiger partial charge in [-0.1, -0.05) is 94.8 Å². The molecule has 0 aliphatic carbocycles. The van der Waals surface area contributed by atoms with Crippen molar-refractivity contribution in [2.24, 2.45) is 5.92 Å². The first-order valence-electron chi connectivity index (χ1n) is 17.1. The molecule has 3 aromatic carbocycles. The lowest BCUT2D eigenvalue weighted by atomic mass is 9.95. The molecular weight excluding hydrogens is 664 g/mol. The molecule has 0 radical (unpaired) electrons. The number of nitrogens with one attached hydrogen (secondary N) is 1. The Labute approximate surface area is 301 Å². The number of carbonyl (C=O) groups excluding carboxylic acids is 2. The van der Waals surface area contributed by atoms with E-state index < -0.39 is 17.9 Å². The third-order valence-corrected chi connectivity index (χ3v) is 10.6. The quantitative estimate of drug-likeness (QED) is 0.145. The smallest absolute Gasteiger partial charge is 0.310 e. The molecule has 51 heavy (non-hydrogen) atoms. The Hall–Kier alpha value is -5.22. The van der Waals surface area contributed by atoms with Crippen LogP contribution < -0.4 is 5.32 Å². The van der Waals surface area contributed by atoms with Crippen molar-refractivity contribution in [2.45, 2.75) is 58.4 Å². The maximum absolute atomic E-state index is 15.3. The maximum atomic E-state index is 15.3. The monoisotopic (exact) mass is 704 g/mol. The Morgan fingerprint density at radius 1 is 0.882 bits per heavy atom. The summed E-state index contributed by atoms with van der Waals surface area (Å²) >= 11 is 1.39. The summed E-state index contributed by atoms with van der Waals surface area (Å²) in [7, 11) is 0. The minimum Gasteiger partial charge on any atom is -0.481 e. The largest absolute Gasteiger partial charge is 0.481 e. The van der Waals surface area contributed by atoms with Gasteiger partial charge in [-0.3, -0.25) is 14.4 Å². The van der Waals surface area contributed by atoms with E-state index in [4.69, 9.17) is 0 Å². The summed E-state index contributed by atoms with van der Waals surface area (Å²) in [6.45, 7) is 8.59. The number of hydrogen-bond donors (Lipinski definition) is 2. The van der Waals surface area contributed by atoms with Gasteiger partial charge in [-0.15, -0.1) is 11.3 Å². The first-order chi connectivity index (χ1) is 24.4. The van der Waals surface area contributed by atoms with Crippen LogP contribution in [-0.4, -0.2) is 56.9 Å². The summed E-state index contributed by atoms with van der Waals surface area (Å²) < 4.78 is 15.3. The van der Waals surface area contributed by atoms with E-state index in [9.17, 15) is 19.5 Å². The van der Waals surface area contributed by atoms with E-state index >= 15 is 4.39 Å². The predicted molar refractivity (Wildman–Crippen MR) is 198 cm³/mol. The van der Waals surface area contributed by atoms with Crippen LogP contribution in [0.1, 0.15) is 59.8 Å². The number of carbonyl (C=O) groups is 3. The van der Waals surface area contributed by atoms with Crippen LogP contribution in [0.3, 0.4) is 0 Å². The number of aromatic nitrogens is 2. The van der Waals surface area contributed by atoms with Gasteiger partial charge in [-0.25, -0.2) is 14.4 Å². The molecule has 0 unspecified atom stereocenters. The van der Waals surface area contributed by atoms with Crippen LogP contribution in [0.4, 0.5) is 4.39 Å². The average molecular weight is 705 g/mol. The minimum atomic E-state index is -0.939. The first-order valence-corrected chi connectivity index (χ1v) is 17.9. The number of halogens is 1. The van der Waals surface area contributed by atoms with Crippen molar-refractivity contribution in [3.8, 4) is 33.6 Å². The second-order valence-electron chi connectivity index (χ2n) is 14.1. The van der Waals surface area contributed by atoms with Crippen molar-refractivity contribution in [2.75, 3.05) is 13.1 Å². The molecule has 1 saturated heterocycles. The number of thiophene rings is 1. The standard InChI is InChI=1S/C41H41FN4O4S/c1-5-6-25-7-11-27(12-8-25)29-15-16-32(33(42)20-29)30-21-43-37(44-22-30)28-13-9-26(10-14-28)19-34(39(48)46-23-31(24-46)40(49)50)45-38(47)35-17-18-36(51-35)41(2,3)4/h7-18,20-22,31,34H,5-6,19,23-24H2,1-4H3,(H,45,47)(H,49,50)/t34-/m0/s1. The number of likely N-dealkylation sites (tertiary alicyclic amines) is 1. The van der Waals surface area contributed by atoms with Crippen LogP contribution in [0.25, 0.3) is 33.6 Å². The van der Waals surface area contributed by atoms with Gasteiger partial charge in [-0.2, -0.15) is 0 Å². The summed E-state index contributed by atoms with van der Waals surface area (Å²) in [4.78, 5) is 50.2. The third-order valence-electron chi connectivity index (χ3n) is 9.12. The van der Waals surface area contributed by atoms with Gasteiger partial charge in [0.05, 0.1) is 10.8 Å². The van der Waals surface area contributed by atoms with E-state index in [-0.39, 0.29) is 42.6 Å². The molecule has 1 aliphatic heterocycles. The number of rotatable bonds is 11. The Kier molecular flexibility index (Phi) is 10.4. The maximum Gasteiger partial charge on any atom is 0.310 e. The number of benzene rings is 3. The van der Waals surface area contributed by atoms with Crippen LogP contribution in [0.15, 0.2) is 91.3 Å². The molecule has 6 rings (SSSR count). The zero-order chi connectivity index (χ0) is 36.3. The van der Waals surface area contributed by atoms with Gasteiger partial charge in [-0.05, 0) is 52.3 Å². The van der Waals surface area contributed by atoms with E-state index in [0.717, 1.165) is 40.0 Å².